The fourth-order valence-electron chi connectivity index (χ4n) is 1.09. The molecule has 7 nitrogen and oxygen atoms in total. The van der Waals surface area contributed by atoms with Crippen LogP contribution >= 0.6 is 0 Å². The molecule has 0 aromatic heterocycles. The maximum absolute atomic E-state index is 8.83. The molecule has 0 aliphatic carbocycles. The first-order valence-corrected chi connectivity index (χ1v) is 3.53. The van der Waals surface area contributed by atoms with E-state index in [0.29, 0.717) is 9.80 Å². The standard InChI is InChI=1S/C8HN7.Fe.Na/c9-1-7-2-14(5-12)8(3-10,4-11)15(7)6-13;;/h2H;;/q;+2;+1. The summed E-state index contributed by atoms with van der Waals surface area (Å²) in [7, 11) is 0. The molecule has 0 fully saturated rings. The molecule has 0 saturated heterocycles. The molecule has 0 radical (unpaired) electrons. The zero-order valence-electron chi connectivity index (χ0n) is 8.56. The van der Waals surface area contributed by atoms with E-state index >= 15 is 0 Å². The quantitative estimate of drug-likeness (QED) is 0.334. The number of nitriles is 5. The predicted molar refractivity (Wildman–Crippen MR) is 42.6 cm³/mol. The van der Waals surface area contributed by atoms with Gasteiger partial charge in [-0.3, -0.25) is 0 Å². The van der Waals surface area contributed by atoms with Gasteiger partial charge in [-0.2, -0.15) is 26.3 Å². The first-order chi connectivity index (χ1) is 7.19. The van der Waals surface area contributed by atoms with Crippen LogP contribution in [-0.2, 0) is 17.1 Å². The average molecular weight is 274 g/mol. The maximum Gasteiger partial charge on any atom is 2.00 e. The second-order valence-corrected chi connectivity index (χ2v) is 2.43. The minimum atomic E-state index is -2.07. The van der Waals surface area contributed by atoms with Crippen molar-refractivity contribution >= 4 is 0 Å². The summed E-state index contributed by atoms with van der Waals surface area (Å²) in [4.78, 5) is 1.25. The van der Waals surface area contributed by atoms with Crippen molar-refractivity contribution < 1.29 is 46.6 Å². The summed E-state index contributed by atoms with van der Waals surface area (Å²) in [6.45, 7) is 0. The molecular weight excluding hydrogens is 273 g/mol. The number of hydrogen-bond acceptors (Lipinski definition) is 7. The molecule has 74 valence electrons. The van der Waals surface area contributed by atoms with E-state index < -0.39 is 5.66 Å². The Morgan fingerprint density at radius 1 is 1.00 bits per heavy atom. The molecule has 0 bridgehead atoms. The van der Waals surface area contributed by atoms with Crippen LogP contribution in [0, 0.1) is 56.9 Å². The van der Waals surface area contributed by atoms with Gasteiger partial charge in [0.1, 0.15) is 18.2 Å². The Kier molecular flexibility index (Phi) is 7.08. The third kappa shape index (κ3) is 2.36. The molecule has 9 heteroatoms. The fourth-order valence-corrected chi connectivity index (χ4v) is 1.09. The van der Waals surface area contributed by atoms with Crippen molar-refractivity contribution in [1.82, 2.24) is 9.80 Å². The van der Waals surface area contributed by atoms with Crippen molar-refractivity contribution in [3.63, 3.8) is 0 Å². The molecule has 0 saturated carbocycles. The Balaban J connectivity index is 0. The molecule has 0 amide bonds. The summed E-state index contributed by atoms with van der Waals surface area (Å²) >= 11 is 0. The fraction of sp³-hybridized carbons (Fsp3) is 0.125. The Morgan fingerprint density at radius 3 is 1.82 bits per heavy atom. The topological polar surface area (TPSA) is 125 Å². The Bertz CT molecular complexity index is 521. The summed E-state index contributed by atoms with van der Waals surface area (Å²) in [5.41, 5.74) is -2.30. The van der Waals surface area contributed by atoms with Gasteiger partial charge in [0.25, 0.3) is 0 Å². The van der Waals surface area contributed by atoms with E-state index in [1.165, 1.54) is 18.3 Å². The summed E-state index contributed by atoms with van der Waals surface area (Å²) in [5, 5.41) is 43.7. The van der Waals surface area contributed by atoms with Gasteiger partial charge >= 0.3 is 52.3 Å². The van der Waals surface area contributed by atoms with Gasteiger partial charge in [0.15, 0.2) is 18.1 Å². The van der Waals surface area contributed by atoms with Crippen LogP contribution in [0.3, 0.4) is 0 Å². The smallest absolute Gasteiger partial charge is 0.233 e. The van der Waals surface area contributed by atoms with Gasteiger partial charge < -0.3 is 0 Å². The zero-order chi connectivity index (χ0) is 11.5. The van der Waals surface area contributed by atoms with Crippen molar-refractivity contribution in [2.45, 2.75) is 5.66 Å². The van der Waals surface area contributed by atoms with Gasteiger partial charge in [-0.25, -0.2) is 9.80 Å². The molecular formula is C8HFeN7Na+3. The Hall–Kier alpha value is -1.69. The first kappa shape index (κ1) is 17.7. The van der Waals surface area contributed by atoms with E-state index in [1.54, 1.807) is 12.3 Å². The summed E-state index contributed by atoms with van der Waals surface area (Å²) in [5.74, 6) is 0. The summed E-state index contributed by atoms with van der Waals surface area (Å²) in [6, 6.07) is 4.69. The number of allylic oxidation sites excluding steroid dienone is 1. The molecule has 0 unspecified atom stereocenters. The summed E-state index contributed by atoms with van der Waals surface area (Å²) < 4.78 is 0. The summed E-state index contributed by atoms with van der Waals surface area (Å²) in [6.07, 6.45) is 4.06. The Morgan fingerprint density at radius 2 is 1.53 bits per heavy atom. The molecule has 0 atom stereocenters. The van der Waals surface area contributed by atoms with E-state index in [1.807, 2.05) is 0 Å². The largest absolute Gasteiger partial charge is 2.00 e. The van der Waals surface area contributed by atoms with Crippen molar-refractivity contribution in [1.29, 1.82) is 26.3 Å². The van der Waals surface area contributed by atoms with Gasteiger partial charge in [-0.05, 0) is 0 Å². The van der Waals surface area contributed by atoms with Gasteiger partial charge in [-0.15, -0.1) is 0 Å². The van der Waals surface area contributed by atoms with Crippen LogP contribution in [0.1, 0.15) is 0 Å². The molecule has 1 heterocycles. The molecule has 1 rings (SSSR count). The Labute approximate surface area is 130 Å². The molecule has 17 heavy (non-hydrogen) atoms. The first-order valence-electron chi connectivity index (χ1n) is 3.53. The van der Waals surface area contributed by atoms with Gasteiger partial charge in [0.2, 0.25) is 0 Å². The number of hydrogen-bond donors (Lipinski definition) is 0. The monoisotopic (exact) mass is 274 g/mol. The van der Waals surface area contributed by atoms with Gasteiger partial charge in [0, 0.05) is 0 Å². The second kappa shape index (κ2) is 6.80. The van der Waals surface area contributed by atoms with Crippen molar-refractivity contribution in [2.24, 2.45) is 0 Å². The predicted octanol–water partition coefficient (Wildman–Crippen LogP) is -3.32. The van der Waals surface area contributed by atoms with Crippen LogP contribution in [0.15, 0.2) is 11.9 Å². The third-order valence-electron chi connectivity index (χ3n) is 1.80. The third-order valence-corrected chi connectivity index (χ3v) is 1.80. The number of nitrogens with zero attached hydrogens (tertiary/aromatic N) is 7. The zero-order valence-corrected chi connectivity index (χ0v) is 11.7. The van der Waals surface area contributed by atoms with Crippen molar-refractivity contribution in [2.75, 3.05) is 0 Å². The molecule has 1 aliphatic rings. The van der Waals surface area contributed by atoms with Crippen molar-refractivity contribution in [3.05, 3.63) is 11.9 Å². The SMILES string of the molecule is N#CC1=CN(C#N)C(C#N)(C#N)N1C#N.[Fe+2].[Na+]. The van der Waals surface area contributed by atoms with Crippen LogP contribution in [-0.4, -0.2) is 15.5 Å². The van der Waals surface area contributed by atoms with E-state index in [9.17, 15) is 0 Å². The van der Waals surface area contributed by atoms with Gasteiger partial charge in [0.05, 0.1) is 6.20 Å². The van der Waals surface area contributed by atoms with E-state index in [4.69, 9.17) is 26.3 Å². The van der Waals surface area contributed by atoms with Crippen molar-refractivity contribution in [3.8, 4) is 30.6 Å². The van der Waals surface area contributed by atoms with Crippen LogP contribution in [0.2, 0.25) is 0 Å². The van der Waals surface area contributed by atoms with E-state index in [-0.39, 0.29) is 52.3 Å². The van der Waals surface area contributed by atoms with Gasteiger partial charge in [-0.1, -0.05) is 0 Å². The maximum atomic E-state index is 8.83. The second-order valence-electron chi connectivity index (χ2n) is 2.43. The minimum Gasteiger partial charge on any atom is -0.233 e. The van der Waals surface area contributed by atoms with Crippen LogP contribution in [0.4, 0.5) is 0 Å². The molecule has 0 spiro atoms. The van der Waals surface area contributed by atoms with Crippen LogP contribution in [0.5, 0.6) is 0 Å². The van der Waals surface area contributed by atoms with E-state index in [2.05, 4.69) is 0 Å². The normalized spacial score (nSPS) is 14.4. The van der Waals surface area contributed by atoms with Crippen LogP contribution < -0.4 is 29.6 Å². The van der Waals surface area contributed by atoms with Crippen LogP contribution in [0.25, 0.3) is 0 Å². The molecule has 0 aromatic rings. The molecule has 1 aliphatic heterocycles. The minimum absolute atomic E-state index is 0. The molecule has 0 aromatic carbocycles. The molecule has 0 N–H and O–H groups in total. The average Bonchev–Trinajstić information content (AvgIpc) is 2.61. The number of rotatable bonds is 0. The van der Waals surface area contributed by atoms with E-state index in [0.717, 1.165) is 6.20 Å².